The van der Waals surface area contributed by atoms with Crippen LogP contribution in [0.2, 0.25) is 0 Å². The van der Waals surface area contributed by atoms with Crippen LogP contribution in [0.4, 0.5) is 30.4 Å². The molecule has 0 saturated carbocycles. The number of hydrogen-bond acceptors (Lipinski definition) is 4. The largest absolute Gasteiger partial charge is 0.405 e. The fraction of sp³-hybridized carbons (Fsp3) is 0.304. The summed E-state index contributed by atoms with van der Waals surface area (Å²) in [6.07, 6.45) is -1.77. The van der Waals surface area contributed by atoms with Gasteiger partial charge in [-0.25, -0.2) is 4.98 Å². The standard InChI is InChI=1S/C23H23F3N4O/c1-22(2)11-16-19(17(31)12-22)21(29-15-6-4-3-5-7-15)20(30-16)14-8-9-27-18(10-14)28-13-23(24,25)26/h3-10,29-30H,11-13H2,1-2H3,(H,27,28). The Morgan fingerprint density at radius 2 is 1.87 bits per heavy atom. The van der Waals surface area contributed by atoms with Crippen molar-refractivity contribution in [1.82, 2.24) is 9.97 Å². The van der Waals surface area contributed by atoms with E-state index in [0.717, 1.165) is 11.4 Å². The normalized spacial score (nSPS) is 15.5. The lowest BCUT2D eigenvalue weighted by atomic mass is 9.76. The lowest BCUT2D eigenvalue weighted by Crippen LogP contribution is -2.26. The number of alkyl halides is 3. The quantitative estimate of drug-likeness (QED) is 0.470. The van der Waals surface area contributed by atoms with Crippen LogP contribution >= 0.6 is 0 Å². The molecule has 5 nitrogen and oxygen atoms in total. The minimum atomic E-state index is -4.35. The lowest BCUT2D eigenvalue weighted by Gasteiger charge is -2.28. The molecule has 162 valence electrons. The summed E-state index contributed by atoms with van der Waals surface area (Å²) in [5.41, 5.74) is 4.00. The summed E-state index contributed by atoms with van der Waals surface area (Å²) >= 11 is 0. The van der Waals surface area contributed by atoms with E-state index in [9.17, 15) is 18.0 Å². The van der Waals surface area contributed by atoms with Crippen LogP contribution in [-0.4, -0.2) is 28.5 Å². The molecule has 0 aliphatic heterocycles. The Hall–Kier alpha value is -3.29. The number of fused-ring (bicyclic) bond motifs is 1. The number of hydrogen-bond donors (Lipinski definition) is 3. The van der Waals surface area contributed by atoms with Crippen LogP contribution in [0, 0.1) is 5.41 Å². The molecule has 0 unspecified atom stereocenters. The van der Waals surface area contributed by atoms with Gasteiger partial charge in [0.05, 0.1) is 16.9 Å². The predicted molar refractivity (Wildman–Crippen MR) is 115 cm³/mol. The fourth-order valence-electron chi connectivity index (χ4n) is 3.94. The van der Waals surface area contributed by atoms with Gasteiger partial charge in [-0.15, -0.1) is 0 Å². The van der Waals surface area contributed by atoms with E-state index in [4.69, 9.17) is 0 Å². The number of rotatable bonds is 5. The summed E-state index contributed by atoms with van der Waals surface area (Å²) in [7, 11) is 0. The number of para-hydroxylation sites is 1. The summed E-state index contributed by atoms with van der Waals surface area (Å²) in [5.74, 6) is 0.149. The third-order valence-corrected chi connectivity index (χ3v) is 5.21. The molecule has 0 fully saturated rings. The Balaban J connectivity index is 1.78. The number of nitrogens with one attached hydrogen (secondary N) is 3. The highest BCUT2D eigenvalue weighted by Gasteiger charge is 2.36. The molecule has 2 aromatic heterocycles. The third-order valence-electron chi connectivity index (χ3n) is 5.21. The van der Waals surface area contributed by atoms with Crippen molar-refractivity contribution in [3.05, 3.63) is 59.9 Å². The monoisotopic (exact) mass is 428 g/mol. The number of ketones is 1. The molecule has 1 aliphatic rings. The van der Waals surface area contributed by atoms with E-state index in [1.807, 2.05) is 44.2 Å². The number of H-pyrrole nitrogens is 1. The van der Waals surface area contributed by atoms with E-state index in [-0.39, 0.29) is 17.0 Å². The van der Waals surface area contributed by atoms with E-state index < -0.39 is 12.7 Å². The van der Waals surface area contributed by atoms with Gasteiger partial charge in [0.15, 0.2) is 5.78 Å². The molecule has 4 rings (SSSR count). The van der Waals surface area contributed by atoms with Crippen molar-refractivity contribution in [3.63, 3.8) is 0 Å². The maximum absolute atomic E-state index is 13.0. The zero-order chi connectivity index (χ0) is 22.2. The molecule has 3 aromatic rings. The Morgan fingerprint density at radius 3 is 2.58 bits per heavy atom. The van der Waals surface area contributed by atoms with E-state index in [1.54, 1.807) is 12.1 Å². The number of halogens is 3. The molecule has 0 radical (unpaired) electrons. The second-order valence-corrected chi connectivity index (χ2v) is 8.56. The molecule has 1 aliphatic carbocycles. The maximum atomic E-state index is 13.0. The van der Waals surface area contributed by atoms with Crippen molar-refractivity contribution < 1.29 is 18.0 Å². The van der Waals surface area contributed by atoms with Gasteiger partial charge in [0.25, 0.3) is 0 Å². The molecule has 0 bridgehead atoms. The van der Waals surface area contributed by atoms with Crippen LogP contribution in [0.25, 0.3) is 11.3 Å². The van der Waals surface area contributed by atoms with Crippen molar-refractivity contribution in [1.29, 1.82) is 0 Å². The van der Waals surface area contributed by atoms with Crippen LogP contribution in [0.1, 0.15) is 36.3 Å². The third kappa shape index (κ3) is 4.73. The van der Waals surface area contributed by atoms with Gasteiger partial charge in [0.2, 0.25) is 0 Å². The van der Waals surface area contributed by atoms with Crippen LogP contribution in [-0.2, 0) is 6.42 Å². The molecule has 0 saturated heterocycles. The van der Waals surface area contributed by atoms with Crippen molar-refractivity contribution in [2.24, 2.45) is 5.41 Å². The molecular weight excluding hydrogens is 405 g/mol. The first-order valence-electron chi connectivity index (χ1n) is 9.98. The van der Waals surface area contributed by atoms with Crippen LogP contribution in [0.3, 0.4) is 0 Å². The van der Waals surface area contributed by atoms with Gasteiger partial charge in [-0.2, -0.15) is 13.2 Å². The number of anilines is 3. The second-order valence-electron chi connectivity index (χ2n) is 8.56. The van der Waals surface area contributed by atoms with Crippen molar-refractivity contribution in [2.45, 2.75) is 32.9 Å². The molecule has 1 aromatic carbocycles. The summed E-state index contributed by atoms with van der Waals surface area (Å²) in [6, 6.07) is 12.7. The second kappa shape index (κ2) is 7.76. The van der Waals surface area contributed by atoms with Gasteiger partial charge in [0.1, 0.15) is 12.4 Å². The number of carbonyl (C=O) groups is 1. The number of carbonyl (C=O) groups excluding carboxylic acids is 1. The first-order chi connectivity index (χ1) is 14.6. The summed E-state index contributed by atoms with van der Waals surface area (Å²) in [6.45, 7) is 2.92. The summed E-state index contributed by atoms with van der Waals surface area (Å²) in [5, 5.41) is 5.65. The summed E-state index contributed by atoms with van der Waals surface area (Å²) in [4.78, 5) is 20.4. The number of benzene rings is 1. The van der Waals surface area contributed by atoms with Crippen LogP contribution < -0.4 is 10.6 Å². The molecule has 3 N–H and O–H groups in total. The molecule has 0 atom stereocenters. The Labute approximate surface area is 178 Å². The van der Waals surface area contributed by atoms with E-state index in [1.165, 1.54) is 6.20 Å². The molecule has 0 spiro atoms. The van der Waals surface area contributed by atoms with Crippen molar-refractivity contribution >= 4 is 23.0 Å². The minimum absolute atomic E-state index is 0.0386. The summed E-state index contributed by atoms with van der Waals surface area (Å²) < 4.78 is 37.8. The van der Waals surface area contributed by atoms with Gasteiger partial charge in [-0.3, -0.25) is 4.79 Å². The number of nitrogens with zero attached hydrogens (tertiary/aromatic N) is 1. The SMILES string of the molecule is CC1(C)CC(=O)c2c([nH]c(-c3ccnc(NCC(F)(F)F)c3)c2Nc2ccccc2)C1. The van der Waals surface area contributed by atoms with E-state index in [2.05, 4.69) is 20.6 Å². The first-order valence-corrected chi connectivity index (χ1v) is 9.98. The minimum Gasteiger partial charge on any atom is -0.361 e. The zero-order valence-electron chi connectivity index (χ0n) is 17.2. The predicted octanol–water partition coefficient (Wildman–Crippen LogP) is 5.95. The highest BCUT2D eigenvalue weighted by Crippen LogP contribution is 2.43. The number of Topliss-reactive ketones (excluding diaryl/α,β-unsaturated/α-hetero) is 1. The van der Waals surface area contributed by atoms with Gasteiger partial charge in [-0.1, -0.05) is 32.0 Å². The Bertz CT molecular complexity index is 1100. The zero-order valence-corrected chi connectivity index (χ0v) is 17.2. The number of pyridine rings is 1. The molecule has 31 heavy (non-hydrogen) atoms. The van der Waals surface area contributed by atoms with Gasteiger partial charge >= 0.3 is 6.18 Å². The molecule has 2 heterocycles. The van der Waals surface area contributed by atoms with E-state index in [0.29, 0.717) is 35.3 Å². The molecular formula is C23H23F3N4O. The number of aromatic amines is 1. The Morgan fingerprint density at radius 1 is 1.13 bits per heavy atom. The topological polar surface area (TPSA) is 69.8 Å². The molecule has 8 heteroatoms. The number of aromatic nitrogens is 2. The highest BCUT2D eigenvalue weighted by atomic mass is 19.4. The van der Waals surface area contributed by atoms with E-state index >= 15 is 0 Å². The average Bonchev–Trinajstić information content (AvgIpc) is 3.04. The van der Waals surface area contributed by atoms with Gasteiger partial charge in [0, 0.05) is 29.6 Å². The maximum Gasteiger partial charge on any atom is 0.405 e. The smallest absolute Gasteiger partial charge is 0.361 e. The fourth-order valence-corrected chi connectivity index (χ4v) is 3.94. The average molecular weight is 428 g/mol. The van der Waals surface area contributed by atoms with Crippen molar-refractivity contribution in [2.75, 3.05) is 17.2 Å². The van der Waals surface area contributed by atoms with Gasteiger partial charge < -0.3 is 15.6 Å². The molecule has 0 amide bonds. The lowest BCUT2D eigenvalue weighted by molar-refractivity contribution is -0.115. The highest BCUT2D eigenvalue weighted by molar-refractivity contribution is 6.07. The van der Waals surface area contributed by atoms with Gasteiger partial charge in [-0.05, 0) is 36.1 Å². The van der Waals surface area contributed by atoms with Crippen molar-refractivity contribution in [3.8, 4) is 11.3 Å². The van der Waals surface area contributed by atoms with Crippen LogP contribution in [0.15, 0.2) is 48.7 Å². The first kappa shape index (κ1) is 21.0. The Kier molecular flexibility index (Phi) is 5.24. The van der Waals surface area contributed by atoms with Crippen LogP contribution in [0.5, 0.6) is 0 Å².